The van der Waals surface area contributed by atoms with Crippen LogP contribution in [0.3, 0.4) is 0 Å². The van der Waals surface area contributed by atoms with E-state index in [9.17, 15) is 44.1 Å². The third-order valence-corrected chi connectivity index (χ3v) is 11.9. The van der Waals surface area contributed by atoms with Gasteiger partial charge in [0, 0.05) is 60.6 Å². The second kappa shape index (κ2) is 21.5. The van der Waals surface area contributed by atoms with Crippen molar-refractivity contribution in [3.05, 3.63) is 109 Å². The minimum Gasteiger partial charge on any atom is -0.478 e. The standard InChI is InChI=1S/C36H36N3O15PS/c40-28(41)4-1-7-31(46)52-34(49)37-22-10-16-25(17-11-22)55(56,26-18-12-23(13-19-26)38-35(50)53-32(47)8-2-5-29(42)43)27-20-14-24(15-21-27)39-36(51)54-33(48)9-3-6-30(44)45/h1-6,10-21,31-33,46-48H,7-9H2,(H,37,49)(H,38,50)(H,39,51)(H,40,41)(H,42,43)(H,44,45). The van der Waals surface area contributed by atoms with Crippen LogP contribution in [0.15, 0.2) is 109 Å². The molecule has 0 aliphatic carbocycles. The number of hydrogen-bond acceptors (Lipinski definition) is 13. The largest absolute Gasteiger partial charge is 0.478 e. The maximum Gasteiger partial charge on any atom is 0.413 e. The van der Waals surface area contributed by atoms with Gasteiger partial charge in [-0.15, -0.1) is 0 Å². The molecule has 3 rings (SSSR count). The summed E-state index contributed by atoms with van der Waals surface area (Å²) in [7, 11) is 0. The third kappa shape index (κ3) is 14.8. The molecule has 0 aromatic heterocycles. The summed E-state index contributed by atoms with van der Waals surface area (Å²) in [6, 6.07) is 16.3. The SMILES string of the molecule is O=C(O)C=CCC(O)OC(=O)Nc1ccc(P(=S)(c2ccc(NC(=O)OC(O)CC=CC(=O)O)cc2)c2ccc(NC(=O)OC(O)CC=CC(=O)O)cc2)cc1. The fourth-order valence-corrected chi connectivity index (χ4v) is 8.22. The molecule has 3 aromatic rings. The van der Waals surface area contributed by atoms with E-state index in [2.05, 4.69) is 16.0 Å². The maximum atomic E-state index is 12.3. The molecule has 0 heterocycles. The Kier molecular flexibility index (Phi) is 16.9. The highest BCUT2D eigenvalue weighted by Crippen LogP contribution is 2.43. The van der Waals surface area contributed by atoms with E-state index < -0.39 is 61.1 Å². The van der Waals surface area contributed by atoms with Gasteiger partial charge in [-0.25, -0.2) is 28.8 Å². The molecule has 0 saturated carbocycles. The Hall–Kier alpha value is -6.37. The molecule has 18 nitrogen and oxygen atoms in total. The Labute approximate surface area is 323 Å². The lowest BCUT2D eigenvalue weighted by atomic mass is 10.3. The van der Waals surface area contributed by atoms with Crippen LogP contribution in [0, 0.1) is 0 Å². The minimum atomic E-state index is -2.95. The van der Waals surface area contributed by atoms with Crippen molar-refractivity contribution in [1.29, 1.82) is 0 Å². The van der Waals surface area contributed by atoms with Crippen LogP contribution < -0.4 is 31.9 Å². The van der Waals surface area contributed by atoms with Crippen molar-refractivity contribution in [3.8, 4) is 0 Å². The number of hydrogen-bond donors (Lipinski definition) is 9. The number of anilines is 3. The molecule has 0 radical (unpaired) electrons. The fourth-order valence-electron chi connectivity index (χ4n) is 4.52. The van der Waals surface area contributed by atoms with E-state index in [4.69, 9.17) is 41.3 Å². The Bertz CT molecular complexity index is 1780. The lowest BCUT2D eigenvalue weighted by molar-refractivity contribution is -0.132. The van der Waals surface area contributed by atoms with Crippen molar-refractivity contribution in [2.24, 2.45) is 0 Å². The highest BCUT2D eigenvalue weighted by atomic mass is 32.4. The molecule has 3 aromatic carbocycles. The molecule has 3 unspecified atom stereocenters. The number of aliphatic hydroxyl groups excluding tert-OH is 3. The summed E-state index contributed by atoms with van der Waals surface area (Å²) in [6.07, 6.45) is -2.87. The summed E-state index contributed by atoms with van der Waals surface area (Å²) in [4.78, 5) is 68.8. The summed E-state index contributed by atoms with van der Waals surface area (Å²) in [5, 5.41) is 64.8. The second-order valence-electron chi connectivity index (χ2n) is 11.1. The van der Waals surface area contributed by atoms with Gasteiger partial charge in [-0.2, -0.15) is 0 Å². The van der Waals surface area contributed by atoms with Gasteiger partial charge in [-0.1, -0.05) is 66.4 Å². The van der Waals surface area contributed by atoms with E-state index in [0.717, 1.165) is 36.5 Å². The van der Waals surface area contributed by atoms with Crippen LogP contribution in [-0.2, 0) is 40.4 Å². The molecule has 3 amide bonds. The average Bonchev–Trinajstić information content (AvgIpc) is 3.11. The molecule has 20 heteroatoms. The quantitative estimate of drug-likeness (QED) is 0.0386. The number of carboxylic acid groups (broad SMARTS) is 3. The van der Waals surface area contributed by atoms with E-state index >= 15 is 0 Å². The van der Waals surface area contributed by atoms with Crippen molar-refractivity contribution < 1.29 is 73.6 Å². The summed E-state index contributed by atoms with van der Waals surface area (Å²) in [5.41, 5.74) is 0.808. The van der Waals surface area contributed by atoms with E-state index in [-0.39, 0.29) is 36.3 Å². The van der Waals surface area contributed by atoms with Crippen LogP contribution in [0.25, 0.3) is 0 Å². The van der Waals surface area contributed by atoms with Gasteiger partial charge in [0.15, 0.2) is 0 Å². The van der Waals surface area contributed by atoms with E-state index in [1.807, 2.05) is 0 Å². The summed E-state index contributed by atoms with van der Waals surface area (Å²) in [6.45, 7) is 0. The molecule has 0 aliphatic rings. The lowest BCUT2D eigenvalue weighted by Gasteiger charge is -2.25. The van der Waals surface area contributed by atoms with Gasteiger partial charge in [0.05, 0.1) is 0 Å². The number of aliphatic hydroxyl groups is 3. The van der Waals surface area contributed by atoms with Crippen molar-refractivity contribution in [2.75, 3.05) is 16.0 Å². The topological polar surface area (TPSA) is 288 Å². The number of carbonyl (C=O) groups is 6. The van der Waals surface area contributed by atoms with E-state index in [1.54, 1.807) is 72.8 Å². The van der Waals surface area contributed by atoms with Crippen LogP contribution in [0.1, 0.15) is 19.3 Å². The van der Waals surface area contributed by atoms with E-state index in [1.165, 1.54) is 0 Å². The Balaban J connectivity index is 1.84. The Morgan fingerprint density at radius 2 is 0.732 bits per heavy atom. The summed E-state index contributed by atoms with van der Waals surface area (Å²) >= 11 is 6.37. The first-order valence-electron chi connectivity index (χ1n) is 16.1. The first-order chi connectivity index (χ1) is 26.5. The first-order valence-corrected chi connectivity index (χ1v) is 18.9. The lowest BCUT2D eigenvalue weighted by Crippen LogP contribution is -2.26. The number of amides is 3. The minimum absolute atomic E-state index is 0.255. The van der Waals surface area contributed by atoms with Crippen LogP contribution in [0.2, 0.25) is 0 Å². The van der Waals surface area contributed by atoms with Crippen LogP contribution in [-0.4, -0.2) is 85.7 Å². The molecule has 296 valence electrons. The summed E-state index contributed by atoms with van der Waals surface area (Å²) in [5.74, 6) is -3.69. The van der Waals surface area contributed by atoms with Gasteiger partial charge in [-0.3, -0.25) is 16.0 Å². The highest BCUT2D eigenvalue weighted by molar-refractivity contribution is 8.25. The van der Waals surface area contributed by atoms with Crippen LogP contribution >= 0.6 is 6.04 Å². The molecule has 0 spiro atoms. The number of rotatable bonds is 18. The highest BCUT2D eigenvalue weighted by Gasteiger charge is 2.26. The molecular formula is C36H36N3O15PS. The zero-order valence-electron chi connectivity index (χ0n) is 29.0. The van der Waals surface area contributed by atoms with Crippen LogP contribution in [0.5, 0.6) is 0 Å². The van der Waals surface area contributed by atoms with Gasteiger partial charge in [0.2, 0.25) is 18.9 Å². The fraction of sp³-hybridized carbons (Fsp3) is 0.167. The van der Waals surface area contributed by atoms with Crippen molar-refractivity contribution >= 4 is 87.0 Å². The number of aliphatic carboxylic acids is 3. The third-order valence-electron chi connectivity index (χ3n) is 6.96. The summed E-state index contributed by atoms with van der Waals surface area (Å²) < 4.78 is 14.5. The molecule has 0 aliphatic heterocycles. The normalized spacial score (nSPS) is 13.9. The van der Waals surface area contributed by atoms with Crippen LogP contribution in [0.4, 0.5) is 31.4 Å². The smallest absolute Gasteiger partial charge is 0.413 e. The average molecular weight is 814 g/mol. The van der Waals surface area contributed by atoms with Gasteiger partial charge < -0.3 is 44.8 Å². The molecule has 0 saturated heterocycles. The van der Waals surface area contributed by atoms with Crippen molar-refractivity contribution in [1.82, 2.24) is 0 Å². The molecule has 3 atom stereocenters. The number of carboxylic acids is 3. The predicted molar refractivity (Wildman–Crippen MR) is 205 cm³/mol. The molecule has 0 bridgehead atoms. The van der Waals surface area contributed by atoms with Gasteiger partial charge in [0.25, 0.3) is 0 Å². The predicted octanol–water partition coefficient (Wildman–Crippen LogP) is 3.14. The molecular weight excluding hydrogens is 777 g/mol. The number of benzene rings is 3. The number of carbonyl (C=O) groups excluding carboxylic acids is 3. The first kappa shape index (κ1) is 44.0. The van der Waals surface area contributed by atoms with Crippen molar-refractivity contribution in [3.63, 3.8) is 0 Å². The second-order valence-corrected chi connectivity index (χ2v) is 15.5. The zero-order valence-corrected chi connectivity index (χ0v) is 30.7. The Morgan fingerprint density at radius 3 is 0.946 bits per heavy atom. The number of nitrogens with one attached hydrogen (secondary N) is 3. The maximum absolute atomic E-state index is 12.3. The van der Waals surface area contributed by atoms with Gasteiger partial charge in [-0.05, 0) is 52.3 Å². The van der Waals surface area contributed by atoms with Crippen molar-refractivity contribution in [2.45, 2.75) is 38.1 Å². The molecule has 56 heavy (non-hydrogen) atoms. The van der Waals surface area contributed by atoms with Gasteiger partial charge in [0.1, 0.15) is 0 Å². The zero-order chi connectivity index (χ0) is 41.3. The van der Waals surface area contributed by atoms with Gasteiger partial charge >= 0.3 is 36.2 Å². The monoisotopic (exact) mass is 813 g/mol. The molecule has 9 N–H and O–H groups in total. The number of ether oxygens (including phenoxy) is 3. The molecule has 0 fully saturated rings. The van der Waals surface area contributed by atoms with E-state index in [0.29, 0.717) is 15.9 Å². The Morgan fingerprint density at radius 1 is 0.500 bits per heavy atom.